The van der Waals surface area contributed by atoms with Crippen LogP contribution in [0.2, 0.25) is 25.7 Å². The largest absolute Gasteiger partial charge is 0.433 e. The standard InChI is InChI=1S/C19H26O2Si2/c1-22(2,3)21-23(18-13-8-5-9-14-18)16-10-15-19(20-23)17-11-6-4-7-12-17/h4-9,11-14,19H,10,15-16H2,1-3H3. The van der Waals surface area contributed by atoms with E-state index < -0.39 is 16.9 Å². The molecule has 1 aliphatic rings. The zero-order chi connectivity index (χ0) is 16.3. The molecule has 0 saturated carbocycles. The molecule has 122 valence electrons. The lowest BCUT2D eigenvalue weighted by Crippen LogP contribution is -2.60. The molecule has 0 bridgehead atoms. The van der Waals surface area contributed by atoms with Crippen LogP contribution < -0.4 is 5.19 Å². The zero-order valence-electron chi connectivity index (χ0n) is 14.3. The Kier molecular flexibility index (Phi) is 4.87. The van der Waals surface area contributed by atoms with Crippen LogP contribution in [0.5, 0.6) is 0 Å². The molecule has 23 heavy (non-hydrogen) atoms. The summed E-state index contributed by atoms with van der Waals surface area (Å²) in [6, 6.07) is 22.3. The average molecular weight is 343 g/mol. The third-order valence-electron chi connectivity index (χ3n) is 4.16. The number of hydrogen-bond donors (Lipinski definition) is 0. The summed E-state index contributed by atoms with van der Waals surface area (Å²) in [7, 11) is -4.07. The van der Waals surface area contributed by atoms with Crippen LogP contribution in [0.3, 0.4) is 0 Å². The molecule has 2 atom stereocenters. The molecule has 1 heterocycles. The van der Waals surface area contributed by atoms with Crippen molar-refractivity contribution in [1.82, 2.24) is 0 Å². The Morgan fingerprint density at radius 2 is 1.57 bits per heavy atom. The van der Waals surface area contributed by atoms with Crippen molar-refractivity contribution in [1.29, 1.82) is 0 Å². The Labute approximate surface area is 141 Å². The van der Waals surface area contributed by atoms with Crippen LogP contribution in [0.15, 0.2) is 60.7 Å². The van der Waals surface area contributed by atoms with Gasteiger partial charge >= 0.3 is 8.56 Å². The van der Waals surface area contributed by atoms with E-state index in [1.54, 1.807) is 0 Å². The molecule has 2 aromatic carbocycles. The van der Waals surface area contributed by atoms with Gasteiger partial charge in [0, 0.05) is 0 Å². The van der Waals surface area contributed by atoms with Gasteiger partial charge in [0.05, 0.1) is 6.10 Å². The van der Waals surface area contributed by atoms with E-state index in [0.29, 0.717) is 0 Å². The second-order valence-electron chi connectivity index (χ2n) is 7.24. The summed E-state index contributed by atoms with van der Waals surface area (Å²) in [6.45, 7) is 6.79. The summed E-state index contributed by atoms with van der Waals surface area (Å²) in [6.07, 6.45) is 2.42. The van der Waals surface area contributed by atoms with Gasteiger partial charge in [0.15, 0.2) is 8.32 Å². The molecule has 2 unspecified atom stereocenters. The molecule has 0 spiro atoms. The van der Waals surface area contributed by atoms with E-state index >= 15 is 0 Å². The molecule has 1 fully saturated rings. The molecule has 0 radical (unpaired) electrons. The summed E-state index contributed by atoms with van der Waals surface area (Å²) in [5, 5.41) is 1.28. The molecule has 2 nitrogen and oxygen atoms in total. The van der Waals surface area contributed by atoms with Crippen molar-refractivity contribution in [3.63, 3.8) is 0 Å². The summed E-state index contributed by atoms with van der Waals surface area (Å²) < 4.78 is 13.5. The summed E-state index contributed by atoms with van der Waals surface area (Å²) in [5.41, 5.74) is 1.28. The predicted octanol–water partition coefficient (Wildman–Crippen LogP) is 4.74. The third-order valence-corrected chi connectivity index (χ3v) is 10.8. The zero-order valence-corrected chi connectivity index (χ0v) is 16.3. The number of rotatable bonds is 4. The Hall–Kier alpha value is -1.21. The lowest BCUT2D eigenvalue weighted by molar-refractivity contribution is 0.128. The second-order valence-corrected chi connectivity index (χ2v) is 15.1. The monoisotopic (exact) mass is 342 g/mol. The maximum atomic E-state index is 6.77. The molecular formula is C19H26O2Si2. The smallest absolute Gasteiger partial charge is 0.362 e. The van der Waals surface area contributed by atoms with E-state index in [9.17, 15) is 0 Å². The van der Waals surface area contributed by atoms with Crippen LogP contribution in [0.4, 0.5) is 0 Å². The average Bonchev–Trinajstić information content (AvgIpc) is 2.55. The van der Waals surface area contributed by atoms with Crippen molar-refractivity contribution in [3.05, 3.63) is 66.2 Å². The van der Waals surface area contributed by atoms with Gasteiger partial charge in [-0.1, -0.05) is 60.7 Å². The molecular weight excluding hydrogens is 316 g/mol. The van der Waals surface area contributed by atoms with Gasteiger partial charge in [-0.05, 0) is 49.3 Å². The number of hydrogen-bond acceptors (Lipinski definition) is 2. The van der Waals surface area contributed by atoms with Crippen LogP contribution >= 0.6 is 0 Å². The van der Waals surface area contributed by atoms with E-state index in [1.165, 1.54) is 17.2 Å². The van der Waals surface area contributed by atoms with Crippen LogP contribution in [-0.2, 0) is 8.54 Å². The highest BCUT2D eigenvalue weighted by atomic mass is 28.4. The lowest BCUT2D eigenvalue weighted by Gasteiger charge is -2.42. The highest BCUT2D eigenvalue weighted by Gasteiger charge is 2.47. The summed E-state index contributed by atoms with van der Waals surface area (Å²) in [5.74, 6) is 0. The Bertz CT molecular complexity index is 625. The fourth-order valence-corrected chi connectivity index (χ4v) is 11.0. The first kappa shape index (κ1) is 16.6. The molecule has 0 N–H and O–H groups in total. The van der Waals surface area contributed by atoms with E-state index in [2.05, 4.69) is 80.3 Å². The first-order valence-electron chi connectivity index (χ1n) is 8.47. The van der Waals surface area contributed by atoms with Crippen molar-refractivity contribution in [2.75, 3.05) is 0 Å². The van der Waals surface area contributed by atoms with E-state index in [-0.39, 0.29) is 6.10 Å². The van der Waals surface area contributed by atoms with E-state index in [1.807, 2.05) is 0 Å². The topological polar surface area (TPSA) is 18.5 Å². The highest BCUT2D eigenvalue weighted by Crippen LogP contribution is 2.37. The minimum atomic E-state index is -2.38. The summed E-state index contributed by atoms with van der Waals surface area (Å²) >= 11 is 0. The summed E-state index contributed by atoms with van der Waals surface area (Å²) in [4.78, 5) is 0. The minimum Gasteiger partial charge on any atom is -0.433 e. The maximum Gasteiger partial charge on any atom is 0.362 e. The normalized spacial score (nSPS) is 25.3. The minimum absolute atomic E-state index is 0.160. The van der Waals surface area contributed by atoms with Crippen molar-refractivity contribution in [3.8, 4) is 0 Å². The molecule has 1 aliphatic heterocycles. The molecule has 0 aliphatic carbocycles. The van der Waals surface area contributed by atoms with Crippen LogP contribution in [0.1, 0.15) is 24.5 Å². The highest BCUT2D eigenvalue weighted by molar-refractivity contribution is 6.89. The molecule has 0 amide bonds. The van der Waals surface area contributed by atoms with Gasteiger partial charge in [0.1, 0.15) is 0 Å². The first-order chi connectivity index (χ1) is 11.0. The van der Waals surface area contributed by atoms with Gasteiger partial charge in [-0.3, -0.25) is 0 Å². The van der Waals surface area contributed by atoms with Gasteiger partial charge < -0.3 is 8.54 Å². The quantitative estimate of drug-likeness (QED) is 0.747. The molecule has 0 aromatic heterocycles. The van der Waals surface area contributed by atoms with Gasteiger partial charge in [0.2, 0.25) is 0 Å². The van der Waals surface area contributed by atoms with Crippen molar-refractivity contribution in [2.45, 2.75) is 44.6 Å². The van der Waals surface area contributed by atoms with Crippen LogP contribution in [0.25, 0.3) is 0 Å². The van der Waals surface area contributed by atoms with Gasteiger partial charge in [0.25, 0.3) is 0 Å². The lowest BCUT2D eigenvalue weighted by atomic mass is 10.1. The van der Waals surface area contributed by atoms with Crippen molar-refractivity contribution >= 4 is 22.1 Å². The molecule has 4 heteroatoms. The predicted molar refractivity (Wildman–Crippen MR) is 101 cm³/mol. The van der Waals surface area contributed by atoms with Crippen molar-refractivity contribution in [2.24, 2.45) is 0 Å². The molecule has 3 rings (SSSR count). The van der Waals surface area contributed by atoms with E-state index in [0.717, 1.165) is 12.5 Å². The maximum absolute atomic E-state index is 6.77. The van der Waals surface area contributed by atoms with Gasteiger partial charge in [-0.15, -0.1) is 0 Å². The fourth-order valence-electron chi connectivity index (χ4n) is 3.30. The van der Waals surface area contributed by atoms with E-state index in [4.69, 9.17) is 8.54 Å². The van der Waals surface area contributed by atoms with Gasteiger partial charge in [-0.25, -0.2) is 0 Å². The van der Waals surface area contributed by atoms with Crippen LogP contribution in [-0.4, -0.2) is 16.9 Å². The van der Waals surface area contributed by atoms with Crippen LogP contribution in [0, 0.1) is 0 Å². The van der Waals surface area contributed by atoms with Gasteiger partial charge in [-0.2, -0.15) is 0 Å². The Morgan fingerprint density at radius 3 is 2.17 bits per heavy atom. The molecule has 2 aromatic rings. The molecule has 1 saturated heterocycles. The fraction of sp³-hybridized carbons (Fsp3) is 0.368. The Morgan fingerprint density at radius 1 is 0.957 bits per heavy atom. The van der Waals surface area contributed by atoms with Crippen molar-refractivity contribution < 1.29 is 8.54 Å². The third kappa shape index (κ3) is 4.01. The first-order valence-corrected chi connectivity index (χ1v) is 13.9. The SMILES string of the molecule is C[Si](C)(C)O[Si]1(c2ccccc2)CCCC(c2ccccc2)O1. The second kappa shape index (κ2) is 6.73. The Balaban J connectivity index is 1.95. The number of benzene rings is 2.